The lowest BCUT2D eigenvalue weighted by Gasteiger charge is -2.12. The Bertz CT molecular complexity index is 1260. The number of fused-ring (bicyclic) bond motifs is 1. The van der Waals surface area contributed by atoms with Crippen molar-refractivity contribution in [2.45, 2.75) is 6.18 Å². The predicted octanol–water partition coefficient (Wildman–Crippen LogP) is 5.35. The van der Waals surface area contributed by atoms with Crippen LogP contribution in [0.4, 0.5) is 22.0 Å². The number of alkyl halides is 3. The van der Waals surface area contributed by atoms with Gasteiger partial charge >= 0.3 is 6.18 Å². The van der Waals surface area contributed by atoms with Gasteiger partial charge in [0.2, 0.25) is 0 Å². The molecular weight excluding hydrogens is 391 g/mol. The van der Waals surface area contributed by atoms with E-state index < -0.39 is 28.9 Å². The number of hydrogen-bond donors (Lipinski definition) is 0. The molecule has 0 unspecified atom stereocenters. The second kappa shape index (κ2) is 6.80. The van der Waals surface area contributed by atoms with Gasteiger partial charge in [-0.05, 0) is 66.7 Å². The number of nitrogens with zero attached hydrogens (tertiary/aromatic N) is 2. The van der Waals surface area contributed by atoms with E-state index in [9.17, 15) is 26.7 Å². The Morgan fingerprint density at radius 3 is 2.00 bits per heavy atom. The van der Waals surface area contributed by atoms with E-state index in [-0.39, 0.29) is 16.8 Å². The zero-order chi connectivity index (χ0) is 20.8. The normalized spacial score (nSPS) is 11.8. The molecule has 3 aromatic carbocycles. The zero-order valence-corrected chi connectivity index (χ0v) is 14.5. The van der Waals surface area contributed by atoms with Gasteiger partial charge in [0.15, 0.2) is 0 Å². The molecule has 0 aliphatic rings. The van der Waals surface area contributed by atoms with Crippen LogP contribution in [0.15, 0.2) is 71.5 Å². The molecule has 146 valence electrons. The molecule has 0 radical (unpaired) electrons. The predicted molar refractivity (Wildman–Crippen MR) is 97.7 cm³/mol. The molecule has 0 spiro atoms. The van der Waals surface area contributed by atoms with Gasteiger partial charge in [0, 0.05) is 10.9 Å². The van der Waals surface area contributed by atoms with Crippen molar-refractivity contribution in [3.05, 3.63) is 94.3 Å². The third-order valence-electron chi connectivity index (χ3n) is 4.42. The van der Waals surface area contributed by atoms with Crippen LogP contribution in [-0.4, -0.2) is 9.78 Å². The second-order valence-electron chi connectivity index (χ2n) is 6.31. The van der Waals surface area contributed by atoms with Gasteiger partial charge in [0.1, 0.15) is 11.6 Å². The standard InChI is InChI=1S/C21H11F5N2O/c22-14-5-1-12(2-6-14)19-17-10-7-15(23)11-18(17)20(29)28(27-19)16-8-3-13(4-9-16)21(24,25)26/h1-11H. The van der Waals surface area contributed by atoms with Gasteiger partial charge in [0.25, 0.3) is 5.56 Å². The third-order valence-corrected chi connectivity index (χ3v) is 4.42. The smallest absolute Gasteiger partial charge is 0.267 e. The molecular formula is C21H11F5N2O. The van der Waals surface area contributed by atoms with Crippen LogP contribution in [0.25, 0.3) is 27.7 Å². The molecule has 8 heteroatoms. The maximum Gasteiger partial charge on any atom is 0.416 e. The van der Waals surface area contributed by atoms with Crippen LogP contribution < -0.4 is 5.56 Å². The van der Waals surface area contributed by atoms with Gasteiger partial charge in [-0.3, -0.25) is 4.79 Å². The highest BCUT2D eigenvalue weighted by atomic mass is 19.4. The number of aromatic nitrogens is 2. The van der Waals surface area contributed by atoms with Crippen molar-refractivity contribution in [2.24, 2.45) is 0 Å². The molecule has 29 heavy (non-hydrogen) atoms. The molecule has 0 amide bonds. The van der Waals surface area contributed by atoms with Crippen LogP contribution in [0.3, 0.4) is 0 Å². The lowest BCUT2D eigenvalue weighted by Crippen LogP contribution is -2.22. The summed E-state index contributed by atoms with van der Waals surface area (Å²) in [6, 6.07) is 12.8. The minimum atomic E-state index is -4.53. The molecule has 0 atom stereocenters. The van der Waals surface area contributed by atoms with E-state index in [0.717, 1.165) is 35.0 Å². The first-order chi connectivity index (χ1) is 13.7. The Labute approximate surface area is 160 Å². The molecule has 0 aliphatic heterocycles. The number of halogens is 5. The lowest BCUT2D eigenvalue weighted by molar-refractivity contribution is -0.137. The minimum absolute atomic E-state index is 0.000720. The van der Waals surface area contributed by atoms with E-state index in [1.54, 1.807) is 0 Å². The average Bonchev–Trinajstić information content (AvgIpc) is 2.69. The molecule has 4 aromatic rings. The first-order valence-electron chi connectivity index (χ1n) is 8.40. The molecule has 0 aliphatic carbocycles. The minimum Gasteiger partial charge on any atom is -0.267 e. The largest absolute Gasteiger partial charge is 0.416 e. The van der Waals surface area contributed by atoms with E-state index >= 15 is 0 Å². The van der Waals surface area contributed by atoms with Gasteiger partial charge < -0.3 is 0 Å². The van der Waals surface area contributed by atoms with Crippen LogP contribution >= 0.6 is 0 Å². The van der Waals surface area contributed by atoms with Crippen molar-refractivity contribution in [1.29, 1.82) is 0 Å². The van der Waals surface area contributed by atoms with Gasteiger partial charge in [-0.1, -0.05) is 0 Å². The van der Waals surface area contributed by atoms with Crippen molar-refractivity contribution < 1.29 is 22.0 Å². The summed E-state index contributed by atoms with van der Waals surface area (Å²) in [5.41, 5.74) is -0.759. The third kappa shape index (κ3) is 3.49. The van der Waals surface area contributed by atoms with Crippen molar-refractivity contribution >= 4 is 10.8 Å². The van der Waals surface area contributed by atoms with Gasteiger partial charge in [-0.2, -0.15) is 23.0 Å². The highest BCUT2D eigenvalue weighted by molar-refractivity contribution is 5.94. The summed E-state index contributed by atoms with van der Waals surface area (Å²) in [5, 5.41) is 4.61. The number of rotatable bonds is 2. The van der Waals surface area contributed by atoms with E-state index in [0.29, 0.717) is 10.9 Å². The van der Waals surface area contributed by atoms with Gasteiger partial charge in [-0.15, -0.1) is 0 Å². The summed E-state index contributed by atoms with van der Waals surface area (Å²) in [6.07, 6.45) is -4.53. The first-order valence-corrected chi connectivity index (χ1v) is 8.40. The molecule has 1 heterocycles. The molecule has 0 saturated carbocycles. The first kappa shape index (κ1) is 18.8. The van der Waals surface area contributed by atoms with Crippen LogP contribution in [-0.2, 0) is 6.18 Å². The van der Waals surface area contributed by atoms with Gasteiger partial charge in [-0.25, -0.2) is 8.78 Å². The van der Waals surface area contributed by atoms with E-state index in [1.165, 1.54) is 36.4 Å². The van der Waals surface area contributed by atoms with Crippen molar-refractivity contribution in [3.8, 4) is 16.9 Å². The van der Waals surface area contributed by atoms with E-state index in [4.69, 9.17) is 0 Å². The molecule has 3 nitrogen and oxygen atoms in total. The molecule has 0 bridgehead atoms. The number of benzene rings is 3. The van der Waals surface area contributed by atoms with E-state index in [2.05, 4.69) is 5.10 Å². The van der Waals surface area contributed by atoms with E-state index in [1.807, 2.05) is 0 Å². The summed E-state index contributed by atoms with van der Waals surface area (Å²) in [7, 11) is 0. The fourth-order valence-electron chi connectivity index (χ4n) is 3.00. The van der Waals surface area contributed by atoms with Gasteiger partial charge in [0.05, 0.1) is 22.3 Å². The summed E-state index contributed by atoms with van der Waals surface area (Å²) < 4.78 is 66.4. The Balaban J connectivity index is 1.98. The Morgan fingerprint density at radius 1 is 0.759 bits per heavy atom. The summed E-state index contributed by atoms with van der Waals surface area (Å²) in [5.74, 6) is -1.12. The number of hydrogen-bond acceptors (Lipinski definition) is 2. The highest BCUT2D eigenvalue weighted by Gasteiger charge is 2.30. The SMILES string of the molecule is O=c1c2cc(F)ccc2c(-c2ccc(F)cc2)nn1-c1ccc(C(F)(F)F)cc1. The topological polar surface area (TPSA) is 34.9 Å². The van der Waals surface area contributed by atoms with Crippen molar-refractivity contribution in [3.63, 3.8) is 0 Å². The van der Waals surface area contributed by atoms with Crippen molar-refractivity contribution in [2.75, 3.05) is 0 Å². The maximum absolute atomic E-state index is 13.8. The average molecular weight is 402 g/mol. The fourth-order valence-corrected chi connectivity index (χ4v) is 3.00. The van der Waals surface area contributed by atoms with Crippen molar-refractivity contribution in [1.82, 2.24) is 9.78 Å². The zero-order valence-electron chi connectivity index (χ0n) is 14.5. The van der Waals surface area contributed by atoms with Crippen LogP contribution in [0.2, 0.25) is 0 Å². The molecule has 1 aromatic heterocycles. The summed E-state index contributed by atoms with van der Waals surface area (Å²) >= 11 is 0. The highest BCUT2D eigenvalue weighted by Crippen LogP contribution is 2.30. The van der Waals surface area contributed by atoms with Crippen LogP contribution in [0, 0.1) is 11.6 Å². The van der Waals surface area contributed by atoms with Crippen LogP contribution in [0.5, 0.6) is 0 Å². The summed E-state index contributed by atoms with van der Waals surface area (Å²) in [6.45, 7) is 0. The molecule has 4 rings (SSSR count). The lowest BCUT2D eigenvalue weighted by atomic mass is 10.0. The fraction of sp³-hybridized carbons (Fsp3) is 0.0476. The molecule has 0 N–H and O–H groups in total. The molecule has 0 fully saturated rings. The quantitative estimate of drug-likeness (QED) is 0.424. The summed E-state index contributed by atoms with van der Waals surface area (Å²) in [4.78, 5) is 12.9. The van der Waals surface area contributed by atoms with Crippen LogP contribution in [0.1, 0.15) is 5.56 Å². The Kier molecular flexibility index (Phi) is 4.41. The Morgan fingerprint density at radius 2 is 1.38 bits per heavy atom. The second-order valence-corrected chi connectivity index (χ2v) is 6.31. The maximum atomic E-state index is 13.8. The Hall–Kier alpha value is -3.55. The monoisotopic (exact) mass is 402 g/mol. The molecule has 0 saturated heterocycles.